The predicted octanol–water partition coefficient (Wildman–Crippen LogP) is 1.47. The summed E-state index contributed by atoms with van der Waals surface area (Å²) in [6, 6.07) is 0. The molecule has 0 radical (unpaired) electrons. The van der Waals surface area contributed by atoms with Crippen molar-refractivity contribution in [3.63, 3.8) is 0 Å². The molecule has 0 saturated heterocycles. The van der Waals surface area contributed by atoms with Crippen molar-refractivity contribution < 1.29 is 8.42 Å². The summed E-state index contributed by atoms with van der Waals surface area (Å²) < 4.78 is 26.8. The Kier molecular flexibility index (Phi) is 4.98. The van der Waals surface area contributed by atoms with Gasteiger partial charge in [0.25, 0.3) is 0 Å². The van der Waals surface area contributed by atoms with Gasteiger partial charge in [-0.2, -0.15) is 0 Å². The molecule has 0 aromatic heterocycles. The lowest BCUT2D eigenvalue weighted by Gasteiger charge is -2.39. The summed E-state index contributed by atoms with van der Waals surface area (Å²) in [5.41, 5.74) is 5.41. The third kappa shape index (κ3) is 4.56. The zero-order valence-corrected chi connectivity index (χ0v) is 12.0. The van der Waals surface area contributed by atoms with Crippen LogP contribution in [0.4, 0.5) is 0 Å². The number of sulfonamides is 1. The summed E-state index contributed by atoms with van der Waals surface area (Å²) >= 11 is 0. The standard InChI is InChI=1S/C12H26N2O2S/c1-10(2)8-17(15,16)14-12(9-13)6-4-11(3)5-7-12/h10-11,14H,4-9,13H2,1-3H3. The van der Waals surface area contributed by atoms with Crippen LogP contribution >= 0.6 is 0 Å². The first-order valence-electron chi connectivity index (χ1n) is 6.50. The van der Waals surface area contributed by atoms with Gasteiger partial charge in [0.2, 0.25) is 10.0 Å². The van der Waals surface area contributed by atoms with Gasteiger partial charge in [-0.15, -0.1) is 0 Å². The van der Waals surface area contributed by atoms with E-state index in [1.165, 1.54) is 0 Å². The summed E-state index contributed by atoms with van der Waals surface area (Å²) in [4.78, 5) is 0. The van der Waals surface area contributed by atoms with E-state index in [4.69, 9.17) is 5.73 Å². The van der Waals surface area contributed by atoms with Crippen molar-refractivity contribution in [1.82, 2.24) is 4.72 Å². The van der Waals surface area contributed by atoms with Crippen molar-refractivity contribution in [3.05, 3.63) is 0 Å². The van der Waals surface area contributed by atoms with Gasteiger partial charge in [-0.25, -0.2) is 13.1 Å². The summed E-state index contributed by atoms with van der Waals surface area (Å²) in [6.07, 6.45) is 3.84. The third-order valence-corrected chi connectivity index (χ3v) is 5.40. The molecule has 0 amide bonds. The molecular weight excluding hydrogens is 236 g/mol. The number of hydrogen-bond acceptors (Lipinski definition) is 3. The highest BCUT2D eigenvalue weighted by Crippen LogP contribution is 2.31. The molecule has 0 heterocycles. The van der Waals surface area contributed by atoms with Crippen molar-refractivity contribution in [2.45, 2.75) is 52.0 Å². The van der Waals surface area contributed by atoms with Crippen LogP contribution in [0.5, 0.6) is 0 Å². The topological polar surface area (TPSA) is 72.2 Å². The van der Waals surface area contributed by atoms with Gasteiger partial charge in [0.1, 0.15) is 0 Å². The SMILES string of the molecule is CC(C)CS(=O)(=O)NC1(CN)CCC(C)CC1. The van der Waals surface area contributed by atoms with Gasteiger partial charge < -0.3 is 5.73 Å². The second kappa shape index (κ2) is 5.67. The molecule has 0 aromatic rings. The Morgan fingerprint density at radius 1 is 1.35 bits per heavy atom. The van der Waals surface area contributed by atoms with Crippen molar-refractivity contribution in [2.24, 2.45) is 17.6 Å². The molecule has 1 fully saturated rings. The number of hydrogen-bond donors (Lipinski definition) is 2. The molecular formula is C12H26N2O2S. The molecule has 102 valence electrons. The largest absolute Gasteiger partial charge is 0.329 e. The summed E-state index contributed by atoms with van der Waals surface area (Å²) in [7, 11) is -3.20. The van der Waals surface area contributed by atoms with Crippen LogP contribution in [-0.2, 0) is 10.0 Å². The minimum absolute atomic E-state index is 0.143. The smallest absolute Gasteiger partial charge is 0.212 e. The normalized spacial score (nSPS) is 30.8. The Hall–Kier alpha value is -0.130. The Morgan fingerprint density at radius 3 is 2.29 bits per heavy atom. The second-order valence-electron chi connectivity index (χ2n) is 5.94. The average molecular weight is 262 g/mol. The van der Waals surface area contributed by atoms with Crippen LogP contribution < -0.4 is 10.5 Å². The molecule has 0 spiro atoms. The van der Waals surface area contributed by atoms with E-state index in [9.17, 15) is 8.42 Å². The number of rotatable bonds is 5. The van der Waals surface area contributed by atoms with E-state index in [1.54, 1.807) is 0 Å². The van der Waals surface area contributed by atoms with Crippen LogP contribution in [0, 0.1) is 11.8 Å². The highest BCUT2D eigenvalue weighted by Gasteiger charge is 2.36. The zero-order valence-electron chi connectivity index (χ0n) is 11.2. The van der Waals surface area contributed by atoms with E-state index in [-0.39, 0.29) is 17.2 Å². The van der Waals surface area contributed by atoms with Crippen LogP contribution in [0.3, 0.4) is 0 Å². The highest BCUT2D eigenvalue weighted by molar-refractivity contribution is 7.89. The molecule has 4 nitrogen and oxygen atoms in total. The van der Waals surface area contributed by atoms with Crippen molar-refractivity contribution in [1.29, 1.82) is 0 Å². The first-order chi connectivity index (χ1) is 7.79. The first-order valence-corrected chi connectivity index (χ1v) is 8.15. The van der Waals surface area contributed by atoms with Crippen LogP contribution in [0.1, 0.15) is 46.5 Å². The predicted molar refractivity (Wildman–Crippen MR) is 71.2 cm³/mol. The van der Waals surface area contributed by atoms with Gasteiger partial charge >= 0.3 is 0 Å². The van der Waals surface area contributed by atoms with Crippen LogP contribution in [0.15, 0.2) is 0 Å². The maximum atomic E-state index is 12.0. The monoisotopic (exact) mass is 262 g/mol. The van der Waals surface area contributed by atoms with Gasteiger partial charge in [0, 0.05) is 12.1 Å². The van der Waals surface area contributed by atoms with Gasteiger partial charge in [0.05, 0.1) is 5.75 Å². The zero-order chi connectivity index (χ0) is 13.1. The van der Waals surface area contributed by atoms with E-state index in [1.807, 2.05) is 13.8 Å². The lowest BCUT2D eigenvalue weighted by atomic mass is 9.78. The molecule has 3 N–H and O–H groups in total. The van der Waals surface area contributed by atoms with E-state index >= 15 is 0 Å². The number of nitrogens with one attached hydrogen (secondary N) is 1. The summed E-state index contributed by atoms with van der Waals surface area (Å²) in [5.74, 6) is 1.01. The average Bonchev–Trinajstić information content (AvgIpc) is 2.19. The molecule has 0 atom stereocenters. The Labute approximate surface area is 105 Å². The molecule has 5 heteroatoms. The van der Waals surface area contributed by atoms with E-state index in [0.717, 1.165) is 25.7 Å². The number of nitrogens with two attached hydrogens (primary N) is 1. The van der Waals surface area contributed by atoms with Crippen LogP contribution in [0.25, 0.3) is 0 Å². The van der Waals surface area contributed by atoms with Crippen LogP contribution in [-0.4, -0.2) is 26.3 Å². The van der Waals surface area contributed by atoms with Gasteiger partial charge in [-0.3, -0.25) is 0 Å². The molecule has 1 aliphatic carbocycles. The van der Waals surface area contributed by atoms with Crippen molar-refractivity contribution in [2.75, 3.05) is 12.3 Å². The fraction of sp³-hybridized carbons (Fsp3) is 1.00. The molecule has 1 saturated carbocycles. The molecule has 0 unspecified atom stereocenters. The highest BCUT2D eigenvalue weighted by atomic mass is 32.2. The molecule has 1 aliphatic rings. The molecule has 0 aromatic carbocycles. The summed E-state index contributed by atoms with van der Waals surface area (Å²) in [6.45, 7) is 6.44. The van der Waals surface area contributed by atoms with Crippen molar-refractivity contribution in [3.8, 4) is 0 Å². The van der Waals surface area contributed by atoms with Crippen molar-refractivity contribution >= 4 is 10.0 Å². The van der Waals surface area contributed by atoms with Crippen LogP contribution in [0.2, 0.25) is 0 Å². The van der Waals surface area contributed by atoms with E-state index < -0.39 is 10.0 Å². The maximum Gasteiger partial charge on any atom is 0.212 e. The minimum atomic E-state index is -3.20. The summed E-state index contributed by atoms with van der Waals surface area (Å²) in [5, 5.41) is 0. The lowest BCUT2D eigenvalue weighted by Crippen LogP contribution is -2.56. The molecule has 17 heavy (non-hydrogen) atoms. The quantitative estimate of drug-likeness (QED) is 0.788. The van der Waals surface area contributed by atoms with Gasteiger partial charge in [-0.1, -0.05) is 20.8 Å². The molecule has 0 bridgehead atoms. The molecule has 1 rings (SSSR count). The van der Waals surface area contributed by atoms with Gasteiger partial charge in [-0.05, 0) is 37.5 Å². The van der Waals surface area contributed by atoms with Gasteiger partial charge in [0.15, 0.2) is 0 Å². The lowest BCUT2D eigenvalue weighted by molar-refractivity contribution is 0.231. The Morgan fingerprint density at radius 2 is 1.88 bits per heavy atom. The third-order valence-electron chi connectivity index (χ3n) is 3.55. The van der Waals surface area contributed by atoms with E-state index in [2.05, 4.69) is 11.6 Å². The first kappa shape index (κ1) is 14.9. The maximum absolute atomic E-state index is 12.0. The molecule has 0 aliphatic heterocycles. The second-order valence-corrected chi connectivity index (χ2v) is 7.71. The Balaban J connectivity index is 2.69. The fourth-order valence-electron chi connectivity index (χ4n) is 2.47. The minimum Gasteiger partial charge on any atom is -0.329 e. The van der Waals surface area contributed by atoms with E-state index in [0.29, 0.717) is 12.5 Å². The fourth-order valence-corrected chi connectivity index (χ4v) is 4.38. The Bertz CT molecular complexity index is 330.